The van der Waals surface area contributed by atoms with Crippen molar-refractivity contribution in [3.8, 4) is 28.4 Å². The van der Waals surface area contributed by atoms with Crippen molar-refractivity contribution in [2.75, 3.05) is 20.8 Å². The van der Waals surface area contributed by atoms with Crippen molar-refractivity contribution in [2.24, 2.45) is 0 Å². The number of rotatable bonds is 8. The Kier molecular flexibility index (Phi) is 6.99. The summed E-state index contributed by atoms with van der Waals surface area (Å²) in [5, 5.41) is 9.68. The molecule has 0 saturated heterocycles. The molecule has 5 rings (SSSR count). The lowest BCUT2D eigenvalue weighted by Crippen LogP contribution is -2.32. The van der Waals surface area contributed by atoms with Crippen molar-refractivity contribution < 1.29 is 24.1 Å². The Morgan fingerprint density at radius 2 is 1.46 bits per heavy atom. The summed E-state index contributed by atoms with van der Waals surface area (Å²) < 4.78 is 16.8. The van der Waals surface area contributed by atoms with E-state index in [2.05, 4.69) is 24.3 Å². The van der Waals surface area contributed by atoms with Crippen LogP contribution in [0.15, 0.2) is 91.0 Å². The van der Waals surface area contributed by atoms with E-state index in [0.29, 0.717) is 18.0 Å². The zero-order chi connectivity index (χ0) is 25.8. The first kappa shape index (κ1) is 24.3. The highest BCUT2D eigenvalue weighted by molar-refractivity contribution is 5.79. The van der Waals surface area contributed by atoms with Crippen LogP contribution in [-0.2, 0) is 17.8 Å². The van der Waals surface area contributed by atoms with Crippen LogP contribution in [0.4, 0.5) is 4.79 Å². The fourth-order valence-electron chi connectivity index (χ4n) is 4.88. The van der Waals surface area contributed by atoms with Crippen molar-refractivity contribution in [1.82, 2.24) is 4.90 Å². The van der Waals surface area contributed by atoms with Gasteiger partial charge in [0.05, 0.1) is 20.8 Å². The summed E-state index contributed by atoms with van der Waals surface area (Å²) in [5.74, 6) is 1.45. The zero-order valence-corrected chi connectivity index (χ0v) is 20.9. The van der Waals surface area contributed by atoms with Crippen molar-refractivity contribution in [2.45, 2.75) is 19.0 Å². The Morgan fingerprint density at radius 3 is 2.08 bits per heavy atom. The van der Waals surface area contributed by atoms with Gasteiger partial charge in [0.15, 0.2) is 0 Å². The molecule has 0 saturated carbocycles. The second kappa shape index (κ2) is 10.7. The van der Waals surface area contributed by atoms with E-state index < -0.39 is 6.09 Å². The summed E-state index contributed by atoms with van der Waals surface area (Å²) in [6.45, 7) is 0.829. The molecule has 0 radical (unpaired) electrons. The maximum atomic E-state index is 13.5. The predicted octanol–water partition coefficient (Wildman–Crippen LogP) is 6.36. The number of carbonyl (C=O) groups excluding carboxylic acids is 1. The maximum absolute atomic E-state index is 13.5. The molecule has 0 bridgehead atoms. The number of aromatic hydroxyl groups is 1. The van der Waals surface area contributed by atoms with Crippen molar-refractivity contribution in [1.29, 1.82) is 0 Å². The van der Waals surface area contributed by atoms with Crippen LogP contribution < -0.4 is 9.47 Å². The van der Waals surface area contributed by atoms with Gasteiger partial charge in [0.2, 0.25) is 0 Å². The van der Waals surface area contributed by atoms with Gasteiger partial charge in [-0.05, 0) is 52.1 Å². The van der Waals surface area contributed by atoms with E-state index in [1.807, 2.05) is 36.4 Å². The molecular formula is C31H29NO5. The van der Waals surface area contributed by atoms with E-state index in [4.69, 9.17) is 14.2 Å². The summed E-state index contributed by atoms with van der Waals surface area (Å²) in [7, 11) is 3.19. The number of carbonyl (C=O) groups is 1. The van der Waals surface area contributed by atoms with E-state index in [-0.39, 0.29) is 24.8 Å². The number of methoxy groups -OCH3 is 2. The first-order valence-corrected chi connectivity index (χ1v) is 12.2. The molecule has 0 heterocycles. The third-order valence-electron chi connectivity index (χ3n) is 6.76. The van der Waals surface area contributed by atoms with Gasteiger partial charge in [-0.1, -0.05) is 60.7 Å². The average Bonchev–Trinajstić information content (AvgIpc) is 3.26. The molecule has 6 heteroatoms. The number of fused-ring (bicyclic) bond motifs is 3. The van der Waals surface area contributed by atoms with Crippen molar-refractivity contribution >= 4 is 6.09 Å². The van der Waals surface area contributed by atoms with Crippen LogP contribution in [0.25, 0.3) is 11.1 Å². The summed E-state index contributed by atoms with van der Waals surface area (Å²) >= 11 is 0. The number of benzene rings is 4. The monoisotopic (exact) mass is 495 g/mol. The highest BCUT2D eigenvalue weighted by atomic mass is 16.6. The van der Waals surface area contributed by atoms with Crippen LogP contribution >= 0.6 is 0 Å². The van der Waals surface area contributed by atoms with Crippen molar-refractivity contribution in [3.63, 3.8) is 0 Å². The van der Waals surface area contributed by atoms with E-state index in [1.165, 1.54) is 22.3 Å². The Hall–Kier alpha value is -4.45. The first-order valence-electron chi connectivity index (χ1n) is 12.2. The van der Waals surface area contributed by atoms with Gasteiger partial charge in [0.1, 0.15) is 23.9 Å². The van der Waals surface area contributed by atoms with Crippen LogP contribution in [0.5, 0.6) is 17.2 Å². The van der Waals surface area contributed by atoms with Crippen LogP contribution in [0.1, 0.15) is 28.2 Å². The van der Waals surface area contributed by atoms with Gasteiger partial charge in [-0.2, -0.15) is 0 Å². The number of phenols is 1. The smallest absolute Gasteiger partial charge is 0.410 e. The average molecular weight is 496 g/mol. The Labute approximate surface area is 216 Å². The minimum absolute atomic E-state index is 0.0256. The first-order chi connectivity index (χ1) is 18.1. The van der Waals surface area contributed by atoms with Crippen molar-refractivity contribution in [3.05, 3.63) is 113 Å². The van der Waals surface area contributed by atoms with Gasteiger partial charge in [0.25, 0.3) is 0 Å². The molecule has 1 N–H and O–H groups in total. The molecule has 1 amide bonds. The Morgan fingerprint density at radius 1 is 0.811 bits per heavy atom. The van der Waals surface area contributed by atoms with Gasteiger partial charge < -0.3 is 19.3 Å². The molecule has 0 aliphatic heterocycles. The number of hydrogen-bond acceptors (Lipinski definition) is 5. The van der Waals surface area contributed by atoms with E-state index in [0.717, 1.165) is 11.1 Å². The highest BCUT2D eigenvalue weighted by Crippen LogP contribution is 2.44. The number of phenolic OH excluding ortho intramolecular Hbond substituents is 1. The molecule has 6 nitrogen and oxygen atoms in total. The minimum atomic E-state index is -0.423. The summed E-state index contributed by atoms with van der Waals surface area (Å²) in [4.78, 5) is 15.2. The lowest BCUT2D eigenvalue weighted by Gasteiger charge is -2.25. The molecule has 4 aromatic rings. The van der Waals surface area contributed by atoms with Gasteiger partial charge in [-0.25, -0.2) is 4.79 Å². The van der Waals surface area contributed by atoms with Gasteiger partial charge in [-0.15, -0.1) is 0 Å². The number of amides is 1. The second-order valence-corrected chi connectivity index (χ2v) is 9.00. The maximum Gasteiger partial charge on any atom is 0.410 e. The molecular weight excluding hydrogens is 466 g/mol. The third kappa shape index (κ3) is 5.09. The fourth-order valence-corrected chi connectivity index (χ4v) is 4.88. The molecule has 4 aromatic carbocycles. The molecule has 0 aromatic heterocycles. The molecule has 1 aliphatic rings. The van der Waals surface area contributed by atoms with Gasteiger partial charge >= 0.3 is 6.09 Å². The number of ether oxygens (including phenoxy) is 3. The topological polar surface area (TPSA) is 68.2 Å². The Balaban J connectivity index is 1.39. The zero-order valence-electron chi connectivity index (χ0n) is 20.9. The quantitative estimate of drug-likeness (QED) is 0.308. The summed E-state index contributed by atoms with van der Waals surface area (Å²) in [5.41, 5.74) is 6.40. The van der Waals surface area contributed by atoms with Crippen LogP contribution in [0, 0.1) is 0 Å². The predicted molar refractivity (Wildman–Crippen MR) is 142 cm³/mol. The fraction of sp³-hybridized carbons (Fsp3) is 0.194. The second-order valence-electron chi connectivity index (χ2n) is 9.00. The van der Waals surface area contributed by atoms with E-state index in [1.54, 1.807) is 49.5 Å². The van der Waals surface area contributed by atoms with E-state index >= 15 is 0 Å². The number of hydrogen-bond donors (Lipinski definition) is 1. The van der Waals surface area contributed by atoms with Crippen LogP contribution in [0.2, 0.25) is 0 Å². The molecule has 0 unspecified atom stereocenters. The number of nitrogens with zero attached hydrogens (tertiary/aromatic N) is 1. The molecule has 37 heavy (non-hydrogen) atoms. The molecule has 0 spiro atoms. The molecule has 1 aliphatic carbocycles. The SMILES string of the molecule is COc1ccc(CN(Cc2ccc(O)cc2)C(=O)OCC2c3ccccc3-c3ccccc32)c(OC)c1. The van der Waals surface area contributed by atoms with E-state index in [9.17, 15) is 9.90 Å². The third-order valence-corrected chi connectivity index (χ3v) is 6.76. The summed E-state index contributed by atoms with van der Waals surface area (Å²) in [6, 6.07) is 28.9. The van der Waals surface area contributed by atoms with Gasteiger partial charge in [-0.3, -0.25) is 4.90 Å². The standard InChI is InChI=1S/C31H29NO5/c1-35-24-16-13-22(30(17-24)36-2)19-32(18-21-11-14-23(33)15-12-21)31(34)37-20-29-27-9-5-3-7-25(27)26-8-4-6-10-28(26)29/h3-17,29,33H,18-20H2,1-2H3. The van der Waals surface area contributed by atoms with Gasteiger partial charge in [0, 0.05) is 24.1 Å². The van der Waals surface area contributed by atoms with Crippen LogP contribution in [-0.4, -0.2) is 36.9 Å². The minimum Gasteiger partial charge on any atom is -0.508 e. The summed E-state index contributed by atoms with van der Waals surface area (Å²) in [6.07, 6.45) is -0.423. The molecule has 188 valence electrons. The normalized spacial score (nSPS) is 11.9. The largest absolute Gasteiger partial charge is 0.508 e. The lowest BCUT2D eigenvalue weighted by atomic mass is 9.98. The molecule has 0 fully saturated rings. The highest BCUT2D eigenvalue weighted by Gasteiger charge is 2.30. The Bertz CT molecular complexity index is 1350. The molecule has 0 atom stereocenters. The lowest BCUT2D eigenvalue weighted by molar-refractivity contribution is 0.0943. The van der Waals surface area contributed by atoms with Crippen LogP contribution in [0.3, 0.4) is 0 Å².